The fourth-order valence-corrected chi connectivity index (χ4v) is 4.95. The van der Waals surface area contributed by atoms with E-state index in [1.54, 1.807) is 10.9 Å². The van der Waals surface area contributed by atoms with Crippen LogP contribution in [0.4, 0.5) is 0 Å². The first-order chi connectivity index (χ1) is 15.6. The van der Waals surface area contributed by atoms with Crippen molar-refractivity contribution in [1.29, 1.82) is 0 Å². The summed E-state index contributed by atoms with van der Waals surface area (Å²) in [7, 11) is 1.86. The summed E-state index contributed by atoms with van der Waals surface area (Å²) in [5.74, 6) is 1.40. The first-order valence-corrected chi connectivity index (χ1v) is 11.6. The fourth-order valence-electron chi connectivity index (χ4n) is 4.95. The molecular formula is C24H31N5O3. The van der Waals surface area contributed by atoms with Crippen LogP contribution >= 0.6 is 0 Å². The molecule has 0 unspecified atom stereocenters. The molecule has 1 amide bonds. The SMILES string of the molecule is Cc1nn(C)c2nc(-c3ccco3)cc(C(=O)N3CCC(CCN4CCOCC4)CC3)c12. The summed E-state index contributed by atoms with van der Waals surface area (Å²) < 4.78 is 12.7. The van der Waals surface area contributed by atoms with Crippen LogP contribution in [0.3, 0.4) is 0 Å². The zero-order valence-electron chi connectivity index (χ0n) is 18.9. The molecule has 0 bridgehead atoms. The third-order valence-corrected chi connectivity index (χ3v) is 6.83. The average molecular weight is 438 g/mol. The number of morpholine rings is 1. The Morgan fingerprint density at radius 2 is 1.97 bits per heavy atom. The van der Waals surface area contributed by atoms with Gasteiger partial charge in [0, 0.05) is 33.2 Å². The standard InChI is InChI=1S/C24H31N5O3/c1-17-22-19(16-20(21-4-3-13-32-21)25-23(22)27(2)26-17)24(30)29-9-6-18(7-10-29)5-8-28-11-14-31-15-12-28/h3-4,13,16,18H,5-12,14-15H2,1-2H3. The van der Waals surface area contributed by atoms with E-state index in [1.807, 2.05) is 37.1 Å². The first kappa shape index (κ1) is 21.2. The zero-order valence-corrected chi connectivity index (χ0v) is 18.9. The second kappa shape index (κ2) is 9.03. The van der Waals surface area contributed by atoms with Crippen LogP contribution in [0.1, 0.15) is 35.3 Å². The van der Waals surface area contributed by atoms with Gasteiger partial charge in [0.1, 0.15) is 5.69 Å². The number of rotatable bonds is 5. The number of aryl methyl sites for hydroxylation is 2. The van der Waals surface area contributed by atoms with E-state index < -0.39 is 0 Å². The van der Waals surface area contributed by atoms with Gasteiger partial charge in [0.15, 0.2) is 11.4 Å². The van der Waals surface area contributed by atoms with E-state index in [9.17, 15) is 4.79 Å². The Bertz CT molecular complexity index is 1080. The van der Waals surface area contributed by atoms with E-state index in [0.29, 0.717) is 28.6 Å². The molecule has 0 aliphatic carbocycles. The minimum atomic E-state index is 0.0629. The maximum absolute atomic E-state index is 13.6. The molecule has 170 valence electrons. The van der Waals surface area contributed by atoms with Crippen molar-refractivity contribution >= 4 is 16.9 Å². The summed E-state index contributed by atoms with van der Waals surface area (Å²) in [5.41, 5.74) is 2.86. The monoisotopic (exact) mass is 437 g/mol. The molecule has 8 nitrogen and oxygen atoms in total. The fraction of sp³-hybridized carbons (Fsp3) is 0.542. The molecule has 0 aromatic carbocycles. The van der Waals surface area contributed by atoms with Gasteiger partial charge in [0.25, 0.3) is 5.91 Å². The van der Waals surface area contributed by atoms with E-state index in [4.69, 9.17) is 14.1 Å². The van der Waals surface area contributed by atoms with Crippen LogP contribution in [0.25, 0.3) is 22.5 Å². The van der Waals surface area contributed by atoms with Crippen LogP contribution < -0.4 is 0 Å². The number of hydrogen-bond acceptors (Lipinski definition) is 6. The molecule has 0 N–H and O–H groups in total. The van der Waals surface area contributed by atoms with Gasteiger partial charge >= 0.3 is 0 Å². The highest BCUT2D eigenvalue weighted by Crippen LogP contribution is 2.29. The number of hydrogen-bond donors (Lipinski definition) is 0. The van der Waals surface area contributed by atoms with Crippen molar-refractivity contribution in [1.82, 2.24) is 24.6 Å². The summed E-state index contributed by atoms with van der Waals surface area (Å²) in [4.78, 5) is 22.8. The van der Waals surface area contributed by atoms with E-state index in [2.05, 4.69) is 10.00 Å². The minimum absolute atomic E-state index is 0.0629. The van der Waals surface area contributed by atoms with Gasteiger partial charge in [-0.15, -0.1) is 0 Å². The number of likely N-dealkylation sites (tertiary alicyclic amines) is 1. The topological polar surface area (TPSA) is 76.6 Å². The number of piperidine rings is 1. The van der Waals surface area contributed by atoms with Crippen LogP contribution in [-0.4, -0.2) is 76.4 Å². The van der Waals surface area contributed by atoms with E-state index >= 15 is 0 Å². The first-order valence-electron chi connectivity index (χ1n) is 11.6. The highest BCUT2D eigenvalue weighted by atomic mass is 16.5. The Morgan fingerprint density at radius 3 is 2.69 bits per heavy atom. The number of furan rings is 1. The van der Waals surface area contributed by atoms with Gasteiger partial charge < -0.3 is 14.1 Å². The predicted octanol–water partition coefficient (Wildman–Crippen LogP) is 3.11. The molecule has 0 radical (unpaired) electrons. The maximum atomic E-state index is 13.6. The van der Waals surface area contributed by atoms with Crippen molar-refractivity contribution in [2.24, 2.45) is 13.0 Å². The second-order valence-electron chi connectivity index (χ2n) is 8.92. The highest BCUT2D eigenvalue weighted by Gasteiger charge is 2.27. The number of pyridine rings is 1. The van der Waals surface area contributed by atoms with Crippen molar-refractivity contribution in [3.05, 3.63) is 35.7 Å². The molecule has 2 saturated heterocycles. The molecule has 5 heterocycles. The summed E-state index contributed by atoms with van der Waals surface area (Å²) >= 11 is 0. The van der Waals surface area contributed by atoms with Crippen LogP contribution in [0.2, 0.25) is 0 Å². The molecule has 5 rings (SSSR count). The normalized spacial score (nSPS) is 18.5. The number of amides is 1. The molecule has 2 fully saturated rings. The number of ether oxygens (including phenoxy) is 1. The van der Waals surface area contributed by atoms with Gasteiger partial charge in [-0.1, -0.05) is 0 Å². The van der Waals surface area contributed by atoms with Gasteiger partial charge in [-0.05, 0) is 56.8 Å². The molecule has 2 aliphatic heterocycles. The van der Waals surface area contributed by atoms with E-state index in [1.165, 1.54) is 6.42 Å². The smallest absolute Gasteiger partial charge is 0.254 e. The van der Waals surface area contributed by atoms with Gasteiger partial charge in [-0.2, -0.15) is 5.10 Å². The maximum Gasteiger partial charge on any atom is 0.254 e. The van der Waals surface area contributed by atoms with Crippen LogP contribution in [0.5, 0.6) is 0 Å². The summed E-state index contributed by atoms with van der Waals surface area (Å²) in [6.45, 7) is 8.44. The lowest BCUT2D eigenvalue weighted by atomic mass is 9.92. The quantitative estimate of drug-likeness (QED) is 0.611. The van der Waals surface area contributed by atoms with Crippen molar-refractivity contribution in [3.8, 4) is 11.5 Å². The number of aromatic nitrogens is 3. The third kappa shape index (κ3) is 4.17. The third-order valence-electron chi connectivity index (χ3n) is 6.83. The molecular weight excluding hydrogens is 406 g/mol. The molecule has 0 spiro atoms. The number of carbonyl (C=O) groups excluding carboxylic acids is 1. The van der Waals surface area contributed by atoms with Gasteiger partial charge in [0.2, 0.25) is 0 Å². The lowest BCUT2D eigenvalue weighted by Gasteiger charge is -2.34. The van der Waals surface area contributed by atoms with E-state index in [0.717, 1.165) is 69.9 Å². The summed E-state index contributed by atoms with van der Waals surface area (Å²) in [5, 5.41) is 5.36. The summed E-state index contributed by atoms with van der Waals surface area (Å²) in [6, 6.07) is 5.56. The van der Waals surface area contributed by atoms with Crippen molar-refractivity contribution in [2.75, 3.05) is 45.9 Å². The Hall–Kier alpha value is -2.71. The summed E-state index contributed by atoms with van der Waals surface area (Å²) in [6.07, 6.45) is 4.94. The average Bonchev–Trinajstić information content (AvgIpc) is 3.46. The van der Waals surface area contributed by atoms with Gasteiger partial charge in [-0.25, -0.2) is 4.98 Å². The van der Waals surface area contributed by atoms with E-state index in [-0.39, 0.29) is 5.91 Å². The number of carbonyl (C=O) groups is 1. The van der Waals surface area contributed by atoms with Crippen LogP contribution in [0.15, 0.2) is 28.9 Å². The zero-order chi connectivity index (χ0) is 22.1. The van der Waals surface area contributed by atoms with Crippen molar-refractivity contribution < 1.29 is 13.9 Å². The Balaban J connectivity index is 1.31. The molecule has 0 atom stereocenters. The minimum Gasteiger partial charge on any atom is -0.463 e. The highest BCUT2D eigenvalue weighted by molar-refractivity contribution is 6.07. The molecule has 0 saturated carbocycles. The number of fused-ring (bicyclic) bond motifs is 1. The predicted molar refractivity (Wildman–Crippen MR) is 121 cm³/mol. The molecule has 8 heteroatoms. The van der Waals surface area contributed by atoms with Gasteiger partial charge in [-0.3, -0.25) is 14.4 Å². The van der Waals surface area contributed by atoms with Gasteiger partial charge in [0.05, 0.1) is 36.1 Å². The lowest BCUT2D eigenvalue weighted by molar-refractivity contribution is 0.0332. The largest absolute Gasteiger partial charge is 0.463 e. The van der Waals surface area contributed by atoms with Crippen LogP contribution in [-0.2, 0) is 11.8 Å². The van der Waals surface area contributed by atoms with Crippen molar-refractivity contribution in [2.45, 2.75) is 26.2 Å². The molecule has 32 heavy (non-hydrogen) atoms. The molecule has 2 aliphatic rings. The number of nitrogens with zero attached hydrogens (tertiary/aromatic N) is 5. The molecule has 3 aromatic heterocycles. The lowest BCUT2D eigenvalue weighted by Crippen LogP contribution is -2.41. The Morgan fingerprint density at radius 1 is 1.19 bits per heavy atom. The second-order valence-corrected chi connectivity index (χ2v) is 8.92. The van der Waals surface area contributed by atoms with Crippen molar-refractivity contribution in [3.63, 3.8) is 0 Å². The molecule has 3 aromatic rings. The Labute approximate surface area is 188 Å². The Kier molecular flexibility index (Phi) is 5.97. The van der Waals surface area contributed by atoms with Crippen LogP contribution in [0, 0.1) is 12.8 Å².